The van der Waals surface area contributed by atoms with E-state index in [0.717, 1.165) is 11.3 Å². The van der Waals surface area contributed by atoms with E-state index in [0.29, 0.717) is 16.5 Å². The number of carbonyl (C=O) groups excluding carboxylic acids is 2. The van der Waals surface area contributed by atoms with Crippen molar-refractivity contribution in [2.75, 3.05) is 14.2 Å². The van der Waals surface area contributed by atoms with Gasteiger partial charge in [-0.1, -0.05) is 23.7 Å². The van der Waals surface area contributed by atoms with Crippen LogP contribution < -0.4 is 0 Å². The fourth-order valence-electron chi connectivity index (χ4n) is 1.93. The van der Waals surface area contributed by atoms with Crippen LogP contribution in [0.25, 0.3) is 0 Å². The first-order chi connectivity index (χ1) is 10.5. The van der Waals surface area contributed by atoms with Crippen molar-refractivity contribution >= 4 is 34.9 Å². The van der Waals surface area contributed by atoms with Gasteiger partial charge in [-0.2, -0.15) is 0 Å². The van der Waals surface area contributed by atoms with E-state index < -0.39 is 17.9 Å². The van der Waals surface area contributed by atoms with Gasteiger partial charge in [0.1, 0.15) is 5.01 Å². The largest absolute Gasteiger partial charge is 0.468 e. The topological polar surface area (TPSA) is 65.5 Å². The van der Waals surface area contributed by atoms with E-state index in [1.54, 1.807) is 11.4 Å². The van der Waals surface area contributed by atoms with Gasteiger partial charge in [0.05, 0.1) is 19.9 Å². The zero-order valence-electron chi connectivity index (χ0n) is 12.0. The fraction of sp³-hybridized carbons (Fsp3) is 0.267. The van der Waals surface area contributed by atoms with Crippen molar-refractivity contribution in [1.29, 1.82) is 0 Å². The third-order valence-electron chi connectivity index (χ3n) is 2.96. The molecule has 0 bridgehead atoms. The van der Waals surface area contributed by atoms with Gasteiger partial charge in [-0.25, -0.2) is 4.98 Å². The van der Waals surface area contributed by atoms with Crippen LogP contribution in [0.5, 0.6) is 0 Å². The molecule has 0 aliphatic rings. The van der Waals surface area contributed by atoms with Crippen LogP contribution in [0.3, 0.4) is 0 Å². The summed E-state index contributed by atoms with van der Waals surface area (Å²) in [6, 6.07) is 7.43. The number of rotatable bonds is 5. The number of esters is 2. The van der Waals surface area contributed by atoms with Crippen LogP contribution >= 0.6 is 22.9 Å². The van der Waals surface area contributed by atoms with Crippen molar-refractivity contribution in [3.05, 3.63) is 50.9 Å². The summed E-state index contributed by atoms with van der Waals surface area (Å²) in [5, 5.41) is 2.81. The lowest BCUT2D eigenvalue weighted by Crippen LogP contribution is -2.24. The minimum Gasteiger partial charge on any atom is -0.468 e. The summed E-state index contributed by atoms with van der Waals surface area (Å²) in [7, 11) is 2.44. The molecule has 0 spiro atoms. The zero-order valence-corrected chi connectivity index (χ0v) is 13.6. The Morgan fingerprint density at radius 2 is 1.95 bits per heavy atom. The normalized spacial score (nSPS) is 10.5. The molecule has 0 saturated carbocycles. The van der Waals surface area contributed by atoms with Crippen molar-refractivity contribution in [3.8, 4) is 0 Å². The van der Waals surface area contributed by atoms with Crippen molar-refractivity contribution in [1.82, 2.24) is 4.98 Å². The molecular formula is C15H14ClNO4S. The van der Waals surface area contributed by atoms with Gasteiger partial charge in [-0.15, -0.1) is 11.3 Å². The van der Waals surface area contributed by atoms with Crippen molar-refractivity contribution in [3.63, 3.8) is 0 Å². The van der Waals surface area contributed by atoms with E-state index >= 15 is 0 Å². The molecule has 0 saturated heterocycles. The van der Waals surface area contributed by atoms with Crippen molar-refractivity contribution in [2.24, 2.45) is 0 Å². The van der Waals surface area contributed by atoms with E-state index in [2.05, 4.69) is 14.5 Å². The monoisotopic (exact) mass is 339 g/mol. The Balaban J connectivity index is 2.22. The predicted molar refractivity (Wildman–Crippen MR) is 83.1 cm³/mol. The predicted octanol–water partition coefficient (Wildman–Crippen LogP) is 2.82. The molecule has 0 radical (unpaired) electrons. The maximum absolute atomic E-state index is 11.8. The number of hydrogen-bond donors (Lipinski definition) is 0. The maximum atomic E-state index is 11.8. The van der Waals surface area contributed by atoms with Crippen molar-refractivity contribution in [2.45, 2.75) is 12.3 Å². The molecule has 7 heteroatoms. The van der Waals surface area contributed by atoms with Crippen LogP contribution in [0, 0.1) is 0 Å². The number of aromatic nitrogens is 1. The minimum absolute atomic E-state index is 0.357. The summed E-state index contributed by atoms with van der Waals surface area (Å²) >= 11 is 7.17. The number of nitrogens with zero attached hydrogens (tertiary/aromatic N) is 1. The highest BCUT2D eigenvalue weighted by Crippen LogP contribution is 2.24. The molecule has 5 nitrogen and oxygen atoms in total. The third kappa shape index (κ3) is 3.84. The summed E-state index contributed by atoms with van der Waals surface area (Å²) in [6.45, 7) is 0. The minimum atomic E-state index is -1.15. The Morgan fingerprint density at radius 3 is 2.55 bits per heavy atom. The average molecular weight is 340 g/mol. The number of hydrogen-bond acceptors (Lipinski definition) is 6. The summed E-state index contributed by atoms with van der Waals surface area (Å²) in [6.07, 6.45) is 0.562. The third-order valence-corrected chi connectivity index (χ3v) is 4.16. The van der Waals surface area contributed by atoms with E-state index in [1.165, 1.54) is 25.6 Å². The van der Waals surface area contributed by atoms with Crippen molar-refractivity contribution < 1.29 is 19.1 Å². The Kier molecular flexibility index (Phi) is 5.51. The molecule has 0 aliphatic carbocycles. The second-order valence-corrected chi connectivity index (χ2v) is 5.79. The van der Waals surface area contributed by atoms with E-state index in [4.69, 9.17) is 11.6 Å². The molecule has 0 amide bonds. The highest BCUT2D eigenvalue weighted by atomic mass is 35.5. The second-order valence-electron chi connectivity index (χ2n) is 4.46. The van der Waals surface area contributed by atoms with E-state index in [9.17, 15) is 9.59 Å². The molecule has 0 aliphatic heterocycles. The first kappa shape index (κ1) is 16.5. The Hall–Kier alpha value is -1.92. The lowest BCUT2D eigenvalue weighted by Gasteiger charge is -2.09. The quantitative estimate of drug-likeness (QED) is 0.619. The first-order valence-corrected chi connectivity index (χ1v) is 7.65. The lowest BCUT2D eigenvalue weighted by atomic mass is 10.1. The van der Waals surface area contributed by atoms with Crippen LogP contribution in [-0.4, -0.2) is 31.1 Å². The molecule has 1 aromatic carbocycles. The lowest BCUT2D eigenvalue weighted by molar-refractivity contribution is -0.154. The zero-order chi connectivity index (χ0) is 16.1. The molecular weight excluding hydrogens is 326 g/mol. The van der Waals surface area contributed by atoms with Gasteiger partial charge >= 0.3 is 11.9 Å². The molecule has 0 atom stereocenters. The number of halogens is 1. The molecule has 1 aromatic heterocycles. The van der Waals surface area contributed by atoms with Gasteiger partial charge in [0.25, 0.3) is 0 Å². The Labute approximate surface area is 136 Å². The molecule has 2 rings (SSSR count). The average Bonchev–Trinajstić information content (AvgIpc) is 2.95. The number of ether oxygens (including phenoxy) is 2. The molecule has 1 heterocycles. The highest BCUT2D eigenvalue weighted by molar-refractivity contribution is 7.10. The number of methoxy groups -OCH3 is 2. The Morgan fingerprint density at radius 1 is 1.27 bits per heavy atom. The Bertz CT molecular complexity index is 670. The van der Waals surface area contributed by atoms with Crippen LogP contribution in [0.2, 0.25) is 5.02 Å². The van der Waals surface area contributed by atoms with Crippen LogP contribution in [-0.2, 0) is 25.5 Å². The van der Waals surface area contributed by atoms with Gasteiger partial charge in [0.2, 0.25) is 5.92 Å². The van der Waals surface area contributed by atoms with E-state index in [1.807, 2.05) is 18.2 Å². The number of benzene rings is 1. The van der Waals surface area contributed by atoms with Gasteiger partial charge in [0, 0.05) is 16.8 Å². The summed E-state index contributed by atoms with van der Waals surface area (Å²) in [5.41, 5.74) is 1.75. The van der Waals surface area contributed by atoms with Crippen LogP contribution in [0.1, 0.15) is 22.2 Å². The molecule has 116 valence electrons. The molecule has 0 fully saturated rings. The van der Waals surface area contributed by atoms with E-state index in [-0.39, 0.29) is 0 Å². The van der Waals surface area contributed by atoms with Gasteiger partial charge < -0.3 is 9.47 Å². The maximum Gasteiger partial charge on any atom is 0.327 e. The SMILES string of the molecule is COC(=O)C(C(=O)OC)c1nc(Cc2cccc(Cl)c2)cs1. The molecule has 0 unspecified atom stereocenters. The smallest absolute Gasteiger partial charge is 0.327 e. The summed E-state index contributed by atoms with van der Waals surface area (Å²) < 4.78 is 9.28. The van der Waals surface area contributed by atoms with Gasteiger partial charge in [-0.05, 0) is 17.7 Å². The summed E-state index contributed by atoms with van der Waals surface area (Å²) in [4.78, 5) is 27.8. The molecule has 22 heavy (non-hydrogen) atoms. The number of thiazole rings is 1. The molecule has 0 N–H and O–H groups in total. The summed E-state index contributed by atoms with van der Waals surface area (Å²) in [5.74, 6) is -2.51. The van der Waals surface area contributed by atoms with Gasteiger partial charge in [0.15, 0.2) is 0 Å². The first-order valence-electron chi connectivity index (χ1n) is 6.39. The fourth-order valence-corrected chi connectivity index (χ4v) is 3.03. The van der Waals surface area contributed by atoms with Crippen LogP contribution in [0.4, 0.5) is 0 Å². The highest BCUT2D eigenvalue weighted by Gasteiger charge is 2.33. The standard InChI is InChI=1S/C15H14ClNO4S/c1-20-14(18)12(15(19)21-2)13-17-11(8-22-13)7-9-4-3-5-10(16)6-9/h3-6,8,12H,7H2,1-2H3. The molecule has 2 aromatic rings. The van der Waals surface area contributed by atoms with Crippen LogP contribution in [0.15, 0.2) is 29.6 Å². The number of carbonyl (C=O) groups is 2. The second kappa shape index (κ2) is 7.38. The van der Waals surface area contributed by atoms with Gasteiger partial charge in [-0.3, -0.25) is 9.59 Å².